The molecule has 2 aromatic carbocycles. The summed E-state index contributed by atoms with van der Waals surface area (Å²) in [5.74, 6) is -0.118. The molecule has 0 radical (unpaired) electrons. The smallest absolute Gasteiger partial charge is 0.238 e. The molecule has 0 aliphatic rings. The highest BCUT2D eigenvalue weighted by atomic mass is 35.5. The zero-order chi connectivity index (χ0) is 17.2. The van der Waals surface area contributed by atoms with E-state index in [9.17, 15) is 4.79 Å². The van der Waals surface area contributed by atoms with Gasteiger partial charge in [0.1, 0.15) is 0 Å². The largest absolute Gasteiger partial charge is 0.383 e. The number of carbonyl (C=O) groups excluding carboxylic acids is 1. The predicted octanol–water partition coefficient (Wildman–Crippen LogP) is 3.97. The first kappa shape index (κ1) is 24.5. The van der Waals surface area contributed by atoms with E-state index in [0.29, 0.717) is 30.4 Å². The molecule has 0 saturated heterocycles. The fraction of sp³-hybridized carbons (Fsp3) is 0.278. The molecule has 3 N–H and O–H groups in total. The first-order valence-corrected chi connectivity index (χ1v) is 8.13. The van der Waals surface area contributed by atoms with E-state index in [4.69, 9.17) is 16.3 Å². The van der Waals surface area contributed by atoms with Crippen LogP contribution >= 0.6 is 36.4 Å². The lowest BCUT2D eigenvalue weighted by Crippen LogP contribution is -2.30. The van der Waals surface area contributed by atoms with Crippen LogP contribution in [-0.4, -0.2) is 32.7 Å². The van der Waals surface area contributed by atoms with Gasteiger partial charge in [-0.25, -0.2) is 0 Å². The van der Waals surface area contributed by atoms with Gasteiger partial charge in [-0.1, -0.05) is 41.9 Å². The minimum atomic E-state index is -0.118. The zero-order valence-corrected chi connectivity index (χ0v) is 16.8. The number of benzene rings is 2. The SMILES string of the molecule is COCCNCC(=O)Nc1ccc(NCc2ccccc2)c(Cl)c1.Cl.Cl. The minimum Gasteiger partial charge on any atom is -0.383 e. The number of anilines is 2. The summed E-state index contributed by atoms with van der Waals surface area (Å²) in [7, 11) is 1.62. The normalized spacial score (nSPS) is 9.62. The zero-order valence-electron chi connectivity index (χ0n) is 14.5. The molecule has 0 heterocycles. The van der Waals surface area contributed by atoms with Gasteiger partial charge in [0, 0.05) is 25.9 Å². The third-order valence-electron chi connectivity index (χ3n) is 3.35. The molecule has 0 spiro atoms. The first-order chi connectivity index (χ1) is 11.7. The van der Waals surface area contributed by atoms with Gasteiger partial charge >= 0.3 is 0 Å². The minimum absolute atomic E-state index is 0. The van der Waals surface area contributed by atoms with Crippen molar-refractivity contribution in [2.45, 2.75) is 6.54 Å². The van der Waals surface area contributed by atoms with Gasteiger partial charge < -0.3 is 20.7 Å². The molecule has 2 aromatic rings. The van der Waals surface area contributed by atoms with Gasteiger partial charge in [-0.2, -0.15) is 0 Å². The van der Waals surface area contributed by atoms with E-state index in [-0.39, 0.29) is 37.3 Å². The average molecular weight is 421 g/mol. The third kappa shape index (κ3) is 8.74. The molecule has 8 heteroatoms. The summed E-state index contributed by atoms with van der Waals surface area (Å²) in [5.41, 5.74) is 2.67. The predicted molar refractivity (Wildman–Crippen MR) is 113 cm³/mol. The molecule has 0 fully saturated rings. The van der Waals surface area contributed by atoms with Gasteiger partial charge in [-0.05, 0) is 23.8 Å². The van der Waals surface area contributed by atoms with E-state index in [1.54, 1.807) is 13.2 Å². The molecule has 1 amide bonds. The Morgan fingerprint density at radius 1 is 1.12 bits per heavy atom. The Kier molecular flexibility index (Phi) is 12.9. The van der Waals surface area contributed by atoms with Crippen molar-refractivity contribution >= 4 is 53.7 Å². The molecule has 0 aromatic heterocycles. The number of methoxy groups -OCH3 is 1. The van der Waals surface area contributed by atoms with Gasteiger partial charge in [0.2, 0.25) is 5.91 Å². The maximum atomic E-state index is 11.8. The van der Waals surface area contributed by atoms with E-state index >= 15 is 0 Å². The van der Waals surface area contributed by atoms with Crippen molar-refractivity contribution in [2.75, 3.05) is 37.4 Å². The Labute approximate surface area is 171 Å². The number of nitrogens with one attached hydrogen (secondary N) is 3. The van der Waals surface area contributed by atoms with E-state index in [1.165, 1.54) is 5.56 Å². The molecular formula is C18H24Cl3N3O2. The van der Waals surface area contributed by atoms with Crippen LogP contribution in [0.3, 0.4) is 0 Å². The van der Waals surface area contributed by atoms with Crippen molar-refractivity contribution < 1.29 is 9.53 Å². The summed E-state index contributed by atoms with van der Waals surface area (Å²) in [6.45, 7) is 2.12. The van der Waals surface area contributed by atoms with Crippen molar-refractivity contribution in [1.29, 1.82) is 0 Å². The van der Waals surface area contributed by atoms with Crippen molar-refractivity contribution in [2.24, 2.45) is 0 Å². The Hall–Kier alpha value is -1.50. The number of hydrogen-bond acceptors (Lipinski definition) is 4. The number of halogens is 3. The number of amides is 1. The van der Waals surface area contributed by atoms with Crippen LogP contribution < -0.4 is 16.0 Å². The Balaban J connectivity index is 0.00000312. The van der Waals surface area contributed by atoms with Crippen molar-refractivity contribution in [3.8, 4) is 0 Å². The van der Waals surface area contributed by atoms with Crippen LogP contribution in [0.5, 0.6) is 0 Å². The number of hydrogen-bond donors (Lipinski definition) is 3. The molecule has 0 aliphatic carbocycles. The lowest BCUT2D eigenvalue weighted by Gasteiger charge is -2.11. The van der Waals surface area contributed by atoms with Crippen LogP contribution in [-0.2, 0) is 16.1 Å². The Morgan fingerprint density at radius 2 is 1.85 bits per heavy atom. The second-order valence-corrected chi connectivity index (χ2v) is 5.66. The van der Waals surface area contributed by atoms with Crippen molar-refractivity contribution in [3.63, 3.8) is 0 Å². The van der Waals surface area contributed by atoms with Crippen LogP contribution in [0.1, 0.15) is 5.56 Å². The molecular weight excluding hydrogens is 397 g/mol. The standard InChI is InChI=1S/C18H22ClN3O2.2ClH/c1-24-10-9-20-13-18(23)22-15-7-8-17(16(19)11-15)21-12-14-5-3-2-4-6-14;;/h2-8,11,20-21H,9-10,12-13H2,1H3,(H,22,23);2*1H. The van der Waals surface area contributed by atoms with Crippen LogP contribution in [0, 0.1) is 0 Å². The fourth-order valence-electron chi connectivity index (χ4n) is 2.11. The van der Waals surface area contributed by atoms with Crippen molar-refractivity contribution in [3.05, 3.63) is 59.1 Å². The maximum absolute atomic E-state index is 11.8. The van der Waals surface area contributed by atoms with Crippen molar-refractivity contribution in [1.82, 2.24) is 5.32 Å². The molecule has 5 nitrogen and oxygen atoms in total. The quantitative estimate of drug-likeness (QED) is 0.537. The monoisotopic (exact) mass is 419 g/mol. The summed E-state index contributed by atoms with van der Waals surface area (Å²) in [4.78, 5) is 11.8. The summed E-state index contributed by atoms with van der Waals surface area (Å²) in [6, 6.07) is 15.5. The van der Waals surface area contributed by atoms with Crippen LogP contribution in [0.4, 0.5) is 11.4 Å². The highest BCUT2D eigenvalue weighted by Crippen LogP contribution is 2.26. The summed E-state index contributed by atoms with van der Waals surface area (Å²) >= 11 is 6.28. The van der Waals surface area contributed by atoms with Gasteiger partial charge in [-0.15, -0.1) is 24.8 Å². The Bertz CT molecular complexity index is 657. The molecule has 144 valence electrons. The molecule has 0 saturated carbocycles. The van der Waals surface area contributed by atoms with E-state index in [1.807, 2.05) is 42.5 Å². The topological polar surface area (TPSA) is 62.4 Å². The van der Waals surface area contributed by atoms with Gasteiger partial charge in [-0.3, -0.25) is 4.79 Å². The summed E-state index contributed by atoms with van der Waals surface area (Å²) in [6.07, 6.45) is 0. The van der Waals surface area contributed by atoms with Crippen LogP contribution in [0.15, 0.2) is 48.5 Å². The fourth-order valence-corrected chi connectivity index (χ4v) is 2.36. The molecule has 26 heavy (non-hydrogen) atoms. The van der Waals surface area contributed by atoms with Gasteiger partial charge in [0.25, 0.3) is 0 Å². The third-order valence-corrected chi connectivity index (χ3v) is 3.66. The van der Waals surface area contributed by atoms with Crippen LogP contribution in [0.2, 0.25) is 5.02 Å². The molecule has 0 aliphatic heterocycles. The average Bonchev–Trinajstić information content (AvgIpc) is 2.59. The first-order valence-electron chi connectivity index (χ1n) is 7.76. The van der Waals surface area contributed by atoms with E-state index < -0.39 is 0 Å². The number of ether oxygens (including phenoxy) is 1. The second kappa shape index (κ2) is 13.7. The highest BCUT2D eigenvalue weighted by molar-refractivity contribution is 6.33. The van der Waals surface area contributed by atoms with Gasteiger partial charge in [0.15, 0.2) is 0 Å². The second-order valence-electron chi connectivity index (χ2n) is 5.25. The summed E-state index contributed by atoms with van der Waals surface area (Å²) in [5, 5.41) is 9.65. The molecule has 2 rings (SSSR count). The molecule has 0 unspecified atom stereocenters. The highest BCUT2D eigenvalue weighted by Gasteiger charge is 2.05. The number of carbonyl (C=O) groups is 1. The Morgan fingerprint density at radius 3 is 2.50 bits per heavy atom. The van der Waals surface area contributed by atoms with E-state index in [0.717, 1.165) is 5.69 Å². The number of rotatable bonds is 9. The lowest BCUT2D eigenvalue weighted by molar-refractivity contribution is -0.115. The van der Waals surface area contributed by atoms with E-state index in [2.05, 4.69) is 16.0 Å². The van der Waals surface area contributed by atoms with Gasteiger partial charge in [0.05, 0.1) is 23.9 Å². The van der Waals surface area contributed by atoms with Crippen LogP contribution in [0.25, 0.3) is 0 Å². The summed E-state index contributed by atoms with van der Waals surface area (Å²) < 4.78 is 4.91. The molecule has 0 atom stereocenters. The molecule has 0 bridgehead atoms. The lowest BCUT2D eigenvalue weighted by atomic mass is 10.2. The maximum Gasteiger partial charge on any atom is 0.238 e.